The number of hydrogen-bond acceptors (Lipinski definition) is 7. The summed E-state index contributed by atoms with van der Waals surface area (Å²) in [6.07, 6.45) is 0. The minimum absolute atomic E-state index is 0.0511. The van der Waals surface area contributed by atoms with Crippen LogP contribution in [0.4, 0.5) is 5.69 Å². The molecule has 0 radical (unpaired) electrons. The van der Waals surface area contributed by atoms with E-state index >= 15 is 0 Å². The first-order valence-corrected chi connectivity index (χ1v) is 11.1. The van der Waals surface area contributed by atoms with E-state index in [4.69, 9.17) is 9.88 Å². The van der Waals surface area contributed by atoms with Gasteiger partial charge in [-0.05, 0) is 31.2 Å². The van der Waals surface area contributed by atoms with Gasteiger partial charge in [-0.25, -0.2) is 13.6 Å². The maximum absolute atomic E-state index is 12.6. The lowest BCUT2D eigenvalue weighted by molar-refractivity contribution is -0.384. The van der Waals surface area contributed by atoms with Gasteiger partial charge in [0.05, 0.1) is 26.6 Å². The minimum atomic E-state index is -3.89. The predicted octanol–water partition coefficient (Wildman–Crippen LogP) is 2.04. The summed E-state index contributed by atoms with van der Waals surface area (Å²) in [7, 11) is -3.89. The van der Waals surface area contributed by atoms with E-state index in [1.54, 1.807) is 10.6 Å². The Bertz CT molecular complexity index is 1290. The first-order chi connectivity index (χ1) is 14.2. The number of rotatable bonds is 7. The van der Waals surface area contributed by atoms with Crippen LogP contribution in [0.25, 0.3) is 10.2 Å². The molecule has 1 aromatic heterocycles. The van der Waals surface area contributed by atoms with Gasteiger partial charge < -0.3 is 9.30 Å². The predicted molar refractivity (Wildman–Crippen MR) is 111 cm³/mol. The van der Waals surface area contributed by atoms with Crippen molar-refractivity contribution in [2.45, 2.75) is 18.4 Å². The molecule has 3 rings (SSSR count). The molecule has 0 saturated heterocycles. The number of nitrogens with two attached hydrogens (primary N) is 1. The quantitative estimate of drug-likeness (QED) is 0.331. The van der Waals surface area contributed by atoms with E-state index in [1.165, 1.54) is 30.3 Å². The van der Waals surface area contributed by atoms with Gasteiger partial charge in [0.1, 0.15) is 0 Å². The third-order valence-corrected chi connectivity index (χ3v) is 6.10. The van der Waals surface area contributed by atoms with Crippen LogP contribution in [0.2, 0.25) is 0 Å². The first-order valence-electron chi connectivity index (χ1n) is 8.78. The number of ether oxygens (including phenoxy) is 1. The monoisotopic (exact) mass is 450 g/mol. The standard InChI is InChI=1S/C18H18N4O6S2/c1-2-28-9-8-21-15-7-6-14(30(19,26)27)11-16(15)29-18(21)20-17(23)12-4-3-5-13(10-12)22(24)25/h3-7,10-11H,2,8-9H2,1H3,(H2,19,26,27). The van der Waals surface area contributed by atoms with Crippen LogP contribution in [0, 0.1) is 10.1 Å². The lowest BCUT2D eigenvalue weighted by atomic mass is 10.2. The number of nitrogens with zero attached hydrogens (tertiary/aromatic N) is 3. The molecule has 0 bridgehead atoms. The van der Waals surface area contributed by atoms with Crippen LogP contribution < -0.4 is 9.94 Å². The number of aromatic nitrogens is 1. The molecule has 0 saturated carbocycles. The number of hydrogen-bond donors (Lipinski definition) is 1. The van der Waals surface area contributed by atoms with Crippen LogP contribution in [-0.2, 0) is 21.3 Å². The fraction of sp³-hybridized carbons (Fsp3) is 0.222. The number of non-ortho nitro benzene ring substituents is 1. The smallest absolute Gasteiger partial charge is 0.279 e. The fourth-order valence-electron chi connectivity index (χ4n) is 2.74. The number of nitro groups is 1. The fourth-order valence-corrected chi connectivity index (χ4v) is 4.44. The van der Waals surface area contributed by atoms with E-state index in [9.17, 15) is 23.3 Å². The number of benzene rings is 2. The van der Waals surface area contributed by atoms with Crippen LogP contribution in [-0.4, -0.2) is 37.0 Å². The Morgan fingerprint density at radius 2 is 2.07 bits per heavy atom. The minimum Gasteiger partial charge on any atom is -0.380 e. The summed E-state index contributed by atoms with van der Waals surface area (Å²) >= 11 is 1.11. The summed E-state index contributed by atoms with van der Waals surface area (Å²) in [4.78, 5) is 27.4. The zero-order chi connectivity index (χ0) is 21.9. The number of sulfonamides is 1. The van der Waals surface area contributed by atoms with Crippen LogP contribution in [0.3, 0.4) is 0 Å². The molecule has 0 fully saturated rings. The Morgan fingerprint density at radius 3 is 2.73 bits per heavy atom. The normalized spacial score (nSPS) is 12.4. The van der Waals surface area contributed by atoms with E-state index in [0.29, 0.717) is 34.8 Å². The second-order valence-corrected chi connectivity index (χ2v) is 8.70. The zero-order valence-corrected chi connectivity index (χ0v) is 17.5. The number of amides is 1. The van der Waals surface area contributed by atoms with E-state index in [1.807, 2.05) is 6.92 Å². The number of nitro benzene ring substituents is 1. The Balaban J connectivity index is 2.12. The maximum atomic E-state index is 12.6. The van der Waals surface area contributed by atoms with Gasteiger partial charge in [-0.1, -0.05) is 17.4 Å². The molecule has 158 valence electrons. The highest BCUT2D eigenvalue weighted by atomic mass is 32.2. The lowest BCUT2D eigenvalue weighted by Crippen LogP contribution is -2.19. The molecular weight excluding hydrogens is 432 g/mol. The molecule has 10 nitrogen and oxygen atoms in total. The molecule has 3 aromatic rings. The molecule has 30 heavy (non-hydrogen) atoms. The SMILES string of the molecule is CCOCCn1c(=NC(=O)c2cccc([N+](=O)[O-])c2)sc2cc(S(N)(=O)=O)ccc21. The van der Waals surface area contributed by atoms with Crippen molar-refractivity contribution in [1.82, 2.24) is 4.57 Å². The van der Waals surface area contributed by atoms with Crippen molar-refractivity contribution in [3.8, 4) is 0 Å². The van der Waals surface area contributed by atoms with Crippen LogP contribution in [0.15, 0.2) is 52.4 Å². The second kappa shape index (κ2) is 8.83. The highest BCUT2D eigenvalue weighted by Crippen LogP contribution is 2.22. The number of fused-ring (bicyclic) bond motifs is 1. The summed E-state index contributed by atoms with van der Waals surface area (Å²) in [6, 6.07) is 9.69. The van der Waals surface area contributed by atoms with Crippen molar-refractivity contribution in [3.05, 3.63) is 62.9 Å². The van der Waals surface area contributed by atoms with Gasteiger partial charge in [0.25, 0.3) is 11.6 Å². The van der Waals surface area contributed by atoms with Gasteiger partial charge in [0.15, 0.2) is 4.80 Å². The van der Waals surface area contributed by atoms with E-state index in [0.717, 1.165) is 17.4 Å². The van der Waals surface area contributed by atoms with Gasteiger partial charge in [0.2, 0.25) is 10.0 Å². The Kier molecular flexibility index (Phi) is 6.41. The Labute approximate surface area is 175 Å². The van der Waals surface area contributed by atoms with Gasteiger partial charge in [-0.2, -0.15) is 4.99 Å². The zero-order valence-electron chi connectivity index (χ0n) is 15.8. The summed E-state index contributed by atoms with van der Waals surface area (Å²) in [6.45, 7) is 3.10. The van der Waals surface area contributed by atoms with Crippen molar-refractivity contribution in [2.24, 2.45) is 10.1 Å². The number of carbonyl (C=O) groups excluding carboxylic acids is 1. The molecule has 0 aliphatic rings. The molecule has 1 heterocycles. The Morgan fingerprint density at radius 1 is 1.30 bits per heavy atom. The second-order valence-electron chi connectivity index (χ2n) is 6.13. The molecular formula is C18H18N4O6S2. The maximum Gasteiger partial charge on any atom is 0.279 e. The van der Waals surface area contributed by atoms with Crippen molar-refractivity contribution in [1.29, 1.82) is 0 Å². The van der Waals surface area contributed by atoms with E-state index < -0.39 is 20.9 Å². The molecule has 1 amide bonds. The number of carbonyl (C=O) groups is 1. The molecule has 0 spiro atoms. The summed E-state index contributed by atoms with van der Waals surface area (Å²) in [5.41, 5.74) is 0.523. The Hall–Kier alpha value is -2.93. The van der Waals surface area contributed by atoms with Gasteiger partial charge in [0, 0.05) is 30.8 Å². The first kappa shape index (κ1) is 21.8. The largest absolute Gasteiger partial charge is 0.380 e. The van der Waals surface area contributed by atoms with Gasteiger partial charge in [-0.15, -0.1) is 0 Å². The molecule has 0 aliphatic heterocycles. The molecule has 0 unspecified atom stereocenters. The van der Waals surface area contributed by atoms with Gasteiger partial charge in [-0.3, -0.25) is 14.9 Å². The van der Waals surface area contributed by atoms with Gasteiger partial charge >= 0.3 is 0 Å². The summed E-state index contributed by atoms with van der Waals surface area (Å²) < 4.78 is 31.0. The third kappa shape index (κ3) is 4.79. The summed E-state index contributed by atoms with van der Waals surface area (Å²) in [5.74, 6) is -0.651. The molecule has 12 heteroatoms. The average Bonchev–Trinajstić information content (AvgIpc) is 3.04. The molecule has 2 N–H and O–H groups in total. The van der Waals surface area contributed by atoms with E-state index in [-0.39, 0.29) is 16.1 Å². The lowest BCUT2D eigenvalue weighted by Gasteiger charge is -2.06. The van der Waals surface area contributed by atoms with Crippen LogP contribution in [0.5, 0.6) is 0 Å². The molecule has 0 aliphatic carbocycles. The van der Waals surface area contributed by atoms with Crippen molar-refractivity contribution >= 4 is 43.2 Å². The van der Waals surface area contributed by atoms with Crippen molar-refractivity contribution in [2.75, 3.05) is 13.2 Å². The topological polar surface area (TPSA) is 147 Å². The third-order valence-electron chi connectivity index (χ3n) is 4.15. The van der Waals surface area contributed by atoms with Crippen molar-refractivity contribution < 1.29 is 22.9 Å². The number of thiazole rings is 1. The molecule has 2 aromatic carbocycles. The summed E-state index contributed by atoms with van der Waals surface area (Å²) in [5, 5.41) is 16.2. The average molecular weight is 450 g/mol. The van der Waals surface area contributed by atoms with Crippen LogP contribution >= 0.6 is 11.3 Å². The highest BCUT2D eigenvalue weighted by molar-refractivity contribution is 7.89. The van der Waals surface area contributed by atoms with Crippen LogP contribution in [0.1, 0.15) is 17.3 Å². The van der Waals surface area contributed by atoms with E-state index in [2.05, 4.69) is 4.99 Å². The number of primary sulfonamides is 1. The highest BCUT2D eigenvalue weighted by Gasteiger charge is 2.15. The molecule has 0 atom stereocenters. The van der Waals surface area contributed by atoms with Crippen molar-refractivity contribution in [3.63, 3.8) is 0 Å².